The van der Waals surface area contributed by atoms with E-state index in [9.17, 15) is 9.90 Å². The summed E-state index contributed by atoms with van der Waals surface area (Å²) in [6.07, 6.45) is 3.36. The van der Waals surface area contributed by atoms with Gasteiger partial charge in [0.1, 0.15) is 11.4 Å². The van der Waals surface area contributed by atoms with E-state index in [0.29, 0.717) is 18.3 Å². The van der Waals surface area contributed by atoms with Crippen LogP contribution in [0.1, 0.15) is 32.4 Å². The molecule has 148 valence electrons. The molecule has 1 unspecified atom stereocenters. The fourth-order valence-corrected chi connectivity index (χ4v) is 2.87. The summed E-state index contributed by atoms with van der Waals surface area (Å²) in [7, 11) is 0. The predicted molar refractivity (Wildman–Crippen MR) is 111 cm³/mol. The van der Waals surface area contributed by atoms with Crippen molar-refractivity contribution in [2.75, 3.05) is 32.7 Å². The minimum absolute atomic E-state index is 0. The number of amides is 1. The van der Waals surface area contributed by atoms with Gasteiger partial charge in [0, 0.05) is 25.7 Å². The van der Waals surface area contributed by atoms with Crippen molar-refractivity contribution < 1.29 is 14.3 Å². The average Bonchev–Trinajstić information content (AvgIpc) is 3.10. The molecule has 8 nitrogen and oxygen atoms in total. The van der Waals surface area contributed by atoms with Crippen molar-refractivity contribution in [1.29, 1.82) is 0 Å². The van der Waals surface area contributed by atoms with Crippen LogP contribution < -0.4 is 16.4 Å². The van der Waals surface area contributed by atoms with Gasteiger partial charge in [0.15, 0.2) is 5.96 Å². The van der Waals surface area contributed by atoms with Crippen molar-refractivity contribution in [2.24, 2.45) is 10.7 Å². The van der Waals surface area contributed by atoms with E-state index in [1.807, 2.05) is 6.92 Å². The quantitative estimate of drug-likeness (QED) is 0.259. The lowest BCUT2D eigenvalue weighted by Crippen LogP contribution is -2.50. The molecule has 9 heteroatoms. The molecule has 0 spiro atoms. The summed E-state index contributed by atoms with van der Waals surface area (Å²) < 4.78 is 5.28. The van der Waals surface area contributed by atoms with Crippen LogP contribution in [0, 0.1) is 0 Å². The van der Waals surface area contributed by atoms with Crippen LogP contribution in [-0.2, 0) is 10.4 Å². The maximum absolute atomic E-state index is 11.0. The number of carbonyl (C=O) groups excluding carboxylic acids is 1. The fourth-order valence-electron chi connectivity index (χ4n) is 2.87. The molecule has 0 saturated carbocycles. The third-order valence-corrected chi connectivity index (χ3v) is 4.25. The van der Waals surface area contributed by atoms with Crippen LogP contribution in [0.4, 0.5) is 0 Å². The maximum atomic E-state index is 11.0. The molecule has 2 heterocycles. The summed E-state index contributed by atoms with van der Waals surface area (Å²) in [5.41, 5.74) is 4.09. The number of primary amides is 1. The first-order valence-electron chi connectivity index (χ1n) is 8.72. The summed E-state index contributed by atoms with van der Waals surface area (Å²) in [6, 6.07) is 3.76. The van der Waals surface area contributed by atoms with Crippen LogP contribution in [0.3, 0.4) is 0 Å². The Kier molecular flexibility index (Phi) is 9.37. The summed E-state index contributed by atoms with van der Waals surface area (Å²) in [5.74, 6) is 0.871. The molecule has 0 aromatic carbocycles. The highest BCUT2D eigenvalue weighted by Gasteiger charge is 2.26. The standard InChI is InChI=1S/C17H29N5O3.HI/c1-3-19-16(20-12-17(2,24)14-5-4-10-25-14)21-13-6-8-22(9-7-13)11-15(18)23;/h4-5,10,13,24H,3,6-9,11-12H2,1-2H3,(H2,18,23)(H2,19,20,21);1H. The Labute approximate surface area is 171 Å². The van der Waals surface area contributed by atoms with Gasteiger partial charge in [0.25, 0.3) is 0 Å². The van der Waals surface area contributed by atoms with Gasteiger partial charge in [0.05, 0.1) is 19.4 Å². The molecule has 1 aliphatic heterocycles. The van der Waals surface area contributed by atoms with Crippen molar-refractivity contribution in [3.05, 3.63) is 24.2 Å². The van der Waals surface area contributed by atoms with Crippen molar-refractivity contribution in [3.8, 4) is 0 Å². The number of guanidine groups is 1. The zero-order chi connectivity index (χ0) is 18.3. The number of nitrogens with one attached hydrogen (secondary N) is 2. The first kappa shape index (κ1) is 22.7. The summed E-state index contributed by atoms with van der Waals surface area (Å²) in [4.78, 5) is 17.6. The van der Waals surface area contributed by atoms with Crippen molar-refractivity contribution >= 4 is 35.8 Å². The van der Waals surface area contributed by atoms with E-state index < -0.39 is 5.60 Å². The van der Waals surface area contributed by atoms with Crippen LogP contribution in [0.25, 0.3) is 0 Å². The zero-order valence-electron chi connectivity index (χ0n) is 15.4. The number of nitrogens with two attached hydrogens (primary N) is 1. The Morgan fingerprint density at radius 2 is 2.19 bits per heavy atom. The lowest BCUT2D eigenvalue weighted by Gasteiger charge is -2.32. The Balaban J connectivity index is 0.00000338. The Morgan fingerprint density at radius 3 is 2.73 bits per heavy atom. The molecule has 0 aliphatic carbocycles. The molecule has 0 bridgehead atoms. The summed E-state index contributed by atoms with van der Waals surface area (Å²) >= 11 is 0. The molecule has 1 atom stereocenters. The number of rotatable bonds is 7. The van der Waals surface area contributed by atoms with Crippen molar-refractivity contribution in [2.45, 2.75) is 38.3 Å². The van der Waals surface area contributed by atoms with Crippen molar-refractivity contribution in [3.63, 3.8) is 0 Å². The number of carbonyl (C=O) groups is 1. The van der Waals surface area contributed by atoms with Gasteiger partial charge in [-0.25, -0.2) is 4.99 Å². The lowest BCUT2D eigenvalue weighted by molar-refractivity contribution is -0.119. The lowest BCUT2D eigenvalue weighted by atomic mass is 10.0. The molecule has 26 heavy (non-hydrogen) atoms. The van der Waals surface area contributed by atoms with Gasteiger partial charge in [-0.2, -0.15) is 0 Å². The van der Waals surface area contributed by atoms with Crippen LogP contribution >= 0.6 is 24.0 Å². The number of halogens is 1. The Morgan fingerprint density at radius 1 is 1.50 bits per heavy atom. The molecule has 1 aromatic heterocycles. The van der Waals surface area contributed by atoms with Crippen molar-refractivity contribution in [1.82, 2.24) is 15.5 Å². The van der Waals surface area contributed by atoms with E-state index in [1.165, 1.54) is 6.26 Å². The number of aliphatic hydroxyl groups is 1. The second kappa shape index (κ2) is 10.7. The van der Waals surface area contributed by atoms with Gasteiger partial charge in [0.2, 0.25) is 5.91 Å². The highest BCUT2D eigenvalue weighted by molar-refractivity contribution is 14.0. The molecular formula is C17H30IN5O3. The Bertz CT molecular complexity index is 569. The minimum atomic E-state index is -1.16. The molecule has 0 radical (unpaired) electrons. The highest BCUT2D eigenvalue weighted by Crippen LogP contribution is 2.21. The SMILES string of the molecule is CCNC(=NCC(C)(O)c1ccco1)NC1CCN(CC(N)=O)CC1.I. The van der Waals surface area contributed by atoms with E-state index in [2.05, 4.69) is 20.5 Å². The van der Waals surface area contributed by atoms with Gasteiger partial charge in [-0.15, -0.1) is 24.0 Å². The zero-order valence-corrected chi connectivity index (χ0v) is 17.7. The number of nitrogens with zero attached hydrogens (tertiary/aromatic N) is 2. The Hall–Kier alpha value is -1.33. The molecule has 5 N–H and O–H groups in total. The number of hydrogen-bond acceptors (Lipinski definition) is 5. The second-order valence-electron chi connectivity index (χ2n) is 6.61. The molecule has 1 amide bonds. The number of furan rings is 1. The van der Waals surface area contributed by atoms with Gasteiger partial charge < -0.3 is 25.9 Å². The third kappa shape index (κ3) is 7.12. The van der Waals surface area contributed by atoms with E-state index in [0.717, 1.165) is 32.5 Å². The number of piperidine rings is 1. The number of hydrogen-bond donors (Lipinski definition) is 4. The third-order valence-electron chi connectivity index (χ3n) is 4.25. The smallest absolute Gasteiger partial charge is 0.231 e. The maximum Gasteiger partial charge on any atom is 0.231 e. The molecule has 1 saturated heterocycles. The largest absolute Gasteiger partial charge is 0.466 e. The van der Waals surface area contributed by atoms with E-state index in [4.69, 9.17) is 10.2 Å². The molecule has 1 aliphatic rings. The van der Waals surface area contributed by atoms with Crippen LogP contribution in [-0.4, -0.2) is 60.6 Å². The van der Waals surface area contributed by atoms with Gasteiger partial charge >= 0.3 is 0 Å². The van der Waals surface area contributed by atoms with E-state index in [-0.39, 0.29) is 42.5 Å². The van der Waals surface area contributed by atoms with E-state index in [1.54, 1.807) is 19.1 Å². The minimum Gasteiger partial charge on any atom is -0.466 e. The second-order valence-corrected chi connectivity index (χ2v) is 6.61. The first-order valence-corrected chi connectivity index (χ1v) is 8.72. The van der Waals surface area contributed by atoms with E-state index >= 15 is 0 Å². The van der Waals surface area contributed by atoms with Gasteiger partial charge in [-0.3, -0.25) is 9.69 Å². The van der Waals surface area contributed by atoms with Gasteiger partial charge in [-0.05, 0) is 38.8 Å². The topological polar surface area (TPSA) is 116 Å². The normalized spacial score (nSPS) is 18.7. The number of aliphatic imine (C=N–C) groups is 1. The first-order chi connectivity index (χ1) is 11.9. The molecular weight excluding hydrogens is 449 g/mol. The summed E-state index contributed by atoms with van der Waals surface area (Å²) in [6.45, 7) is 6.56. The van der Waals surface area contributed by atoms with Crippen LogP contribution in [0.15, 0.2) is 27.8 Å². The van der Waals surface area contributed by atoms with Crippen LogP contribution in [0.5, 0.6) is 0 Å². The fraction of sp³-hybridized carbons (Fsp3) is 0.647. The molecule has 2 rings (SSSR count). The van der Waals surface area contributed by atoms with Crippen LogP contribution in [0.2, 0.25) is 0 Å². The predicted octanol–water partition coefficient (Wildman–Crippen LogP) is 0.610. The average molecular weight is 479 g/mol. The van der Waals surface area contributed by atoms with Gasteiger partial charge in [-0.1, -0.05) is 0 Å². The highest BCUT2D eigenvalue weighted by atomic mass is 127. The summed E-state index contributed by atoms with van der Waals surface area (Å²) in [5, 5.41) is 17.1. The monoisotopic (exact) mass is 479 g/mol. The number of likely N-dealkylation sites (tertiary alicyclic amines) is 1. The molecule has 1 fully saturated rings. The molecule has 1 aromatic rings.